The highest BCUT2D eigenvalue weighted by Crippen LogP contribution is 2.19. The largest absolute Gasteiger partial charge is 0.462 e. The van der Waals surface area contributed by atoms with E-state index in [1.165, 1.54) is 321 Å². The minimum absolute atomic E-state index is 0.0656. The van der Waals surface area contributed by atoms with E-state index in [0.29, 0.717) is 19.3 Å². The standard InChI is InChI=1S/C74H142O6/c1-4-7-10-13-16-19-22-25-27-29-31-33-34-35-36-37-38-39-41-42-44-46-49-52-55-58-61-64-67-73(76)79-70-71(69-78-72(75)66-63-60-57-54-51-48-24-21-18-15-12-9-6-3)80-74(77)68-65-62-59-56-53-50-47-45-43-40-32-30-28-26-23-20-17-14-11-8-5-2/h21,24,71H,4-20,22-23,25-70H2,1-3H3/b24-21-. The zero-order valence-corrected chi connectivity index (χ0v) is 54.6. The molecule has 0 aliphatic rings. The molecule has 0 aromatic carbocycles. The van der Waals surface area contributed by atoms with Crippen LogP contribution < -0.4 is 0 Å². The molecule has 0 spiro atoms. The van der Waals surface area contributed by atoms with Crippen LogP contribution in [0.25, 0.3) is 0 Å². The molecule has 0 N–H and O–H groups in total. The van der Waals surface area contributed by atoms with Gasteiger partial charge in [0.05, 0.1) is 0 Å². The summed E-state index contributed by atoms with van der Waals surface area (Å²) in [4.78, 5) is 38.4. The second kappa shape index (κ2) is 69.6. The Morgan fingerprint density at radius 1 is 0.237 bits per heavy atom. The molecule has 80 heavy (non-hydrogen) atoms. The monoisotopic (exact) mass is 1130 g/mol. The Hall–Kier alpha value is -1.85. The van der Waals surface area contributed by atoms with Crippen LogP contribution >= 0.6 is 0 Å². The predicted molar refractivity (Wildman–Crippen MR) is 349 cm³/mol. The van der Waals surface area contributed by atoms with Gasteiger partial charge in [-0.1, -0.05) is 373 Å². The maximum atomic E-state index is 13.0. The first-order valence-electron chi connectivity index (χ1n) is 36.7. The Morgan fingerprint density at radius 3 is 0.637 bits per heavy atom. The number of hydrogen-bond donors (Lipinski definition) is 0. The van der Waals surface area contributed by atoms with Crippen molar-refractivity contribution in [3.05, 3.63) is 12.2 Å². The highest BCUT2D eigenvalue weighted by molar-refractivity contribution is 5.71. The third-order valence-corrected chi connectivity index (χ3v) is 17.0. The quantitative estimate of drug-likeness (QED) is 0.0261. The lowest BCUT2D eigenvalue weighted by Crippen LogP contribution is -2.30. The maximum absolute atomic E-state index is 13.0. The first kappa shape index (κ1) is 78.1. The molecule has 6 heteroatoms. The van der Waals surface area contributed by atoms with Crippen molar-refractivity contribution in [2.24, 2.45) is 0 Å². The van der Waals surface area contributed by atoms with Gasteiger partial charge in [-0.2, -0.15) is 0 Å². The van der Waals surface area contributed by atoms with E-state index in [0.717, 1.165) is 64.2 Å². The SMILES string of the molecule is CCCCCC/C=C\CCCCCCCC(=O)OCC(COC(=O)CCCCCCCCCCCCCCCCCCCCCCCCCCCCCC)OC(=O)CCCCCCCCCCCCCCCCCCCCCCC. The first-order valence-corrected chi connectivity index (χ1v) is 36.7. The lowest BCUT2D eigenvalue weighted by molar-refractivity contribution is -0.167. The number of carbonyl (C=O) groups is 3. The zero-order valence-electron chi connectivity index (χ0n) is 54.6. The van der Waals surface area contributed by atoms with Crippen LogP contribution in [0.5, 0.6) is 0 Å². The van der Waals surface area contributed by atoms with E-state index in [-0.39, 0.29) is 31.1 Å². The Bertz CT molecular complexity index is 1250. The third-order valence-electron chi connectivity index (χ3n) is 17.0. The topological polar surface area (TPSA) is 78.9 Å². The molecule has 0 radical (unpaired) electrons. The Balaban J connectivity index is 4.16. The normalized spacial score (nSPS) is 12.0. The molecule has 1 atom stereocenters. The van der Waals surface area contributed by atoms with Crippen molar-refractivity contribution >= 4 is 17.9 Å². The summed E-state index contributed by atoms with van der Waals surface area (Å²) in [7, 11) is 0. The van der Waals surface area contributed by atoms with Crippen LogP contribution in [-0.2, 0) is 28.6 Å². The third kappa shape index (κ3) is 66.9. The number of allylic oxidation sites excluding steroid dienone is 2. The number of unbranched alkanes of at least 4 members (excludes halogenated alkanes) is 56. The van der Waals surface area contributed by atoms with E-state index < -0.39 is 6.10 Å². The van der Waals surface area contributed by atoms with E-state index in [9.17, 15) is 14.4 Å². The van der Waals surface area contributed by atoms with E-state index in [1.807, 2.05) is 0 Å². The summed E-state index contributed by atoms with van der Waals surface area (Å²) < 4.78 is 17.0. The first-order chi connectivity index (χ1) is 39.5. The van der Waals surface area contributed by atoms with Gasteiger partial charge in [-0.25, -0.2) is 0 Å². The summed E-state index contributed by atoms with van der Waals surface area (Å²) in [5, 5.41) is 0. The molecule has 0 aromatic rings. The second-order valence-electron chi connectivity index (χ2n) is 25.2. The van der Waals surface area contributed by atoms with Crippen LogP contribution in [0.4, 0.5) is 0 Å². The van der Waals surface area contributed by atoms with Crippen LogP contribution in [0.15, 0.2) is 12.2 Å². The van der Waals surface area contributed by atoms with E-state index in [1.54, 1.807) is 0 Å². The Kier molecular flexibility index (Phi) is 68.0. The van der Waals surface area contributed by atoms with Gasteiger partial charge in [0.1, 0.15) is 13.2 Å². The van der Waals surface area contributed by atoms with E-state index in [4.69, 9.17) is 14.2 Å². The summed E-state index contributed by atoms with van der Waals surface area (Å²) in [6.07, 6.45) is 84.0. The number of rotatable bonds is 69. The van der Waals surface area contributed by atoms with Gasteiger partial charge in [0.25, 0.3) is 0 Å². The van der Waals surface area contributed by atoms with Gasteiger partial charge in [0.15, 0.2) is 6.10 Å². The number of ether oxygens (including phenoxy) is 3. The van der Waals surface area contributed by atoms with Crippen molar-refractivity contribution in [1.82, 2.24) is 0 Å². The smallest absolute Gasteiger partial charge is 0.306 e. The van der Waals surface area contributed by atoms with Gasteiger partial charge in [-0.05, 0) is 44.9 Å². The highest BCUT2D eigenvalue weighted by atomic mass is 16.6. The summed E-state index contributed by atoms with van der Waals surface area (Å²) >= 11 is 0. The molecule has 0 saturated heterocycles. The highest BCUT2D eigenvalue weighted by Gasteiger charge is 2.20. The summed E-state index contributed by atoms with van der Waals surface area (Å²) in [5.74, 6) is -0.838. The molecule has 0 bridgehead atoms. The van der Waals surface area contributed by atoms with Gasteiger partial charge in [-0.15, -0.1) is 0 Å². The molecule has 0 amide bonds. The fourth-order valence-electron chi connectivity index (χ4n) is 11.5. The van der Waals surface area contributed by atoms with Gasteiger partial charge >= 0.3 is 17.9 Å². The number of esters is 3. The average Bonchev–Trinajstić information content (AvgIpc) is 3.46. The van der Waals surface area contributed by atoms with Crippen LogP contribution in [0.2, 0.25) is 0 Å². The molecule has 0 saturated carbocycles. The fraction of sp³-hybridized carbons (Fsp3) is 0.932. The fourth-order valence-corrected chi connectivity index (χ4v) is 11.5. The van der Waals surface area contributed by atoms with Crippen molar-refractivity contribution < 1.29 is 28.6 Å². The minimum atomic E-state index is -0.770. The number of carbonyl (C=O) groups excluding carboxylic acids is 3. The van der Waals surface area contributed by atoms with Gasteiger partial charge < -0.3 is 14.2 Å². The van der Waals surface area contributed by atoms with Crippen LogP contribution in [0.3, 0.4) is 0 Å². The molecule has 0 rings (SSSR count). The predicted octanol–water partition coefficient (Wildman–Crippen LogP) is 25.2. The summed E-state index contributed by atoms with van der Waals surface area (Å²) in [6.45, 7) is 6.71. The molecule has 0 heterocycles. The Labute approximate surface area is 501 Å². The van der Waals surface area contributed by atoms with Crippen molar-refractivity contribution in [1.29, 1.82) is 0 Å². The molecule has 0 fully saturated rings. The minimum Gasteiger partial charge on any atom is -0.462 e. The van der Waals surface area contributed by atoms with Crippen molar-refractivity contribution in [3.8, 4) is 0 Å². The second-order valence-corrected chi connectivity index (χ2v) is 25.2. The Morgan fingerprint density at radius 2 is 0.412 bits per heavy atom. The van der Waals surface area contributed by atoms with Gasteiger partial charge in [0.2, 0.25) is 0 Å². The van der Waals surface area contributed by atoms with E-state index >= 15 is 0 Å². The lowest BCUT2D eigenvalue weighted by Gasteiger charge is -2.18. The summed E-state index contributed by atoms with van der Waals surface area (Å²) in [6, 6.07) is 0. The van der Waals surface area contributed by atoms with E-state index in [2.05, 4.69) is 32.9 Å². The molecule has 0 aliphatic carbocycles. The molecule has 474 valence electrons. The van der Waals surface area contributed by atoms with Crippen molar-refractivity contribution in [2.45, 2.75) is 431 Å². The average molecular weight is 1130 g/mol. The molecule has 1 unspecified atom stereocenters. The molecule has 0 aromatic heterocycles. The van der Waals surface area contributed by atoms with Crippen LogP contribution in [-0.4, -0.2) is 37.2 Å². The zero-order chi connectivity index (χ0) is 57.8. The molecular weight excluding hydrogens is 985 g/mol. The maximum Gasteiger partial charge on any atom is 0.306 e. The molecular formula is C74H142O6. The molecule has 6 nitrogen and oxygen atoms in total. The van der Waals surface area contributed by atoms with Crippen molar-refractivity contribution in [3.63, 3.8) is 0 Å². The van der Waals surface area contributed by atoms with Crippen molar-refractivity contribution in [2.75, 3.05) is 13.2 Å². The number of hydrogen-bond acceptors (Lipinski definition) is 6. The van der Waals surface area contributed by atoms with Crippen LogP contribution in [0, 0.1) is 0 Å². The summed E-state index contributed by atoms with van der Waals surface area (Å²) in [5.41, 5.74) is 0. The van der Waals surface area contributed by atoms with Gasteiger partial charge in [-0.3, -0.25) is 14.4 Å². The lowest BCUT2D eigenvalue weighted by atomic mass is 10.0. The van der Waals surface area contributed by atoms with Gasteiger partial charge in [0, 0.05) is 19.3 Å². The van der Waals surface area contributed by atoms with Crippen LogP contribution in [0.1, 0.15) is 425 Å². The molecule has 0 aliphatic heterocycles.